The highest BCUT2D eigenvalue weighted by Gasteiger charge is 2.16. The molecule has 4 aromatic rings. The maximum Gasteiger partial charge on any atom is 0.237 e. The largest absolute Gasteiger partial charge is 0.483 e. The normalized spacial score (nSPS) is 10.9. The van der Waals surface area contributed by atoms with Gasteiger partial charge in [0, 0.05) is 17.5 Å². The summed E-state index contributed by atoms with van der Waals surface area (Å²) in [6.45, 7) is 4.36. The van der Waals surface area contributed by atoms with Crippen LogP contribution in [0.25, 0.3) is 11.4 Å². The highest BCUT2D eigenvalue weighted by Crippen LogP contribution is 2.25. The molecular weight excluding hydrogens is 413 g/mol. The molecule has 0 atom stereocenters. The van der Waals surface area contributed by atoms with Gasteiger partial charge < -0.3 is 9.26 Å². The van der Waals surface area contributed by atoms with Crippen LogP contribution in [0.3, 0.4) is 0 Å². The van der Waals surface area contributed by atoms with Crippen LogP contribution >= 0.6 is 23.1 Å². The van der Waals surface area contributed by atoms with Crippen molar-refractivity contribution < 1.29 is 13.7 Å². The van der Waals surface area contributed by atoms with Crippen LogP contribution in [0.1, 0.15) is 11.7 Å². The third-order valence-corrected chi connectivity index (χ3v) is 5.51. The highest BCUT2D eigenvalue weighted by molar-refractivity contribution is 7.98. The molecule has 0 fully saturated rings. The van der Waals surface area contributed by atoms with Crippen molar-refractivity contribution in [1.82, 2.24) is 24.9 Å². The zero-order chi connectivity index (χ0) is 20.1. The lowest BCUT2D eigenvalue weighted by molar-refractivity contribution is 0.275. The van der Waals surface area contributed by atoms with Crippen molar-refractivity contribution in [2.24, 2.45) is 0 Å². The molecule has 0 saturated heterocycles. The summed E-state index contributed by atoms with van der Waals surface area (Å²) in [5.74, 6) is 1.82. The third kappa shape index (κ3) is 4.54. The number of para-hydroxylation sites is 1. The molecule has 0 amide bonds. The van der Waals surface area contributed by atoms with Crippen molar-refractivity contribution in [1.29, 1.82) is 0 Å². The molecule has 0 spiro atoms. The quantitative estimate of drug-likeness (QED) is 0.284. The number of halogens is 1. The van der Waals surface area contributed by atoms with Gasteiger partial charge in [-0.15, -0.1) is 16.8 Å². The summed E-state index contributed by atoms with van der Waals surface area (Å²) in [4.78, 5) is 4.40. The third-order valence-electron chi connectivity index (χ3n) is 3.87. The van der Waals surface area contributed by atoms with Gasteiger partial charge >= 0.3 is 0 Å². The Kier molecular flexibility index (Phi) is 6.01. The van der Waals surface area contributed by atoms with Gasteiger partial charge in [-0.2, -0.15) is 16.3 Å². The maximum absolute atomic E-state index is 13.7. The smallest absolute Gasteiger partial charge is 0.237 e. The first kappa shape index (κ1) is 19.3. The number of benzene rings is 1. The summed E-state index contributed by atoms with van der Waals surface area (Å²) in [5.41, 5.74) is 0.928. The number of hydrogen-bond acceptors (Lipinski definition) is 8. The van der Waals surface area contributed by atoms with Gasteiger partial charge in [-0.1, -0.05) is 35.1 Å². The van der Waals surface area contributed by atoms with Gasteiger partial charge in [0.15, 0.2) is 22.5 Å². The van der Waals surface area contributed by atoms with Gasteiger partial charge in [0.2, 0.25) is 11.7 Å². The van der Waals surface area contributed by atoms with Crippen LogP contribution < -0.4 is 4.74 Å². The molecule has 4 rings (SSSR count). The molecule has 0 aliphatic rings. The summed E-state index contributed by atoms with van der Waals surface area (Å²) in [6.07, 6.45) is 1.74. The molecule has 0 N–H and O–H groups in total. The lowest BCUT2D eigenvalue weighted by Crippen LogP contribution is -2.08. The van der Waals surface area contributed by atoms with Crippen LogP contribution in [0.4, 0.5) is 4.39 Å². The van der Waals surface area contributed by atoms with E-state index >= 15 is 0 Å². The fraction of sp³-hybridized carbons (Fsp3) is 0.158. The van der Waals surface area contributed by atoms with Crippen LogP contribution in [0.5, 0.6) is 5.75 Å². The summed E-state index contributed by atoms with van der Waals surface area (Å²) in [7, 11) is 0. The van der Waals surface area contributed by atoms with E-state index in [1.807, 2.05) is 21.4 Å². The SMILES string of the molecule is C=CCn1c(COc2ccccc2F)nnc1SCc1nc(-c2ccsc2)no1. The minimum Gasteiger partial charge on any atom is -0.483 e. The Labute approximate surface area is 174 Å². The average Bonchev–Trinajstić information content (AvgIpc) is 3.47. The second-order valence-corrected chi connectivity index (χ2v) is 7.55. The van der Waals surface area contributed by atoms with Gasteiger partial charge in [0.1, 0.15) is 6.61 Å². The van der Waals surface area contributed by atoms with Crippen LogP contribution in [-0.2, 0) is 18.9 Å². The van der Waals surface area contributed by atoms with E-state index in [-0.39, 0.29) is 12.4 Å². The van der Waals surface area contributed by atoms with Gasteiger partial charge in [0.25, 0.3) is 0 Å². The van der Waals surface area contributed by atoms with E-state index in [0.717, 1.165) is 5.56 Å². The van der Waals surface area contributed by atoms with Crippen LogP contribution in [-0.4, -0.2) is 24.9 Å². The first-order valence-electron chi connectivity index (χ1n) is 8.63. The predicted octanol–water partition coefficient (Wildman–Crippen LogP) is 4.59. The van der Waals surface area contributed by atoms with E-state index in [2.05, 4.69) is 26.9 Å². The fourth-order valence-corrected chi connectivity index (χ4v) is 3.94. The Balaban J connectivity index is 1.43. The molecule has 1 aromatic carbocycles. The number of nitrogens with zero attached hydrogens (tertiary/aromatic N) is 5. The second kappa shape index (κ2) is 9.01. The van der Waals surface area contributed by atoms with Gasteiger partial charge in [0.05, 0.1) is 5.75 Å². The van der Waals surface area contributed by atoms with Gasteiger partial charge in [-0.05, 0) is 23.6 Å². The minimum atomic E-state index is -0.422. The zero-order valence-electron chi connectivity index (χ0n) is 15.2. The molecule has 0 bridgehead atoms. The summed E-state index contributed by atoms with van der Waals surface area (Å²) in [5, 5.41) is 17.0. The van der Waals surface area contributed by atoms with E-state index in [9.17, 15) is 4.39 Å². The van der Waals surface area contributed by atoms with Crippen molar-refractivity contribution in [3.8, 4) is 17.1 Å². The van der Waals surface area contributed by atoms with Gasteiger partial charge in [-0.25, -0.2) is 4.39 Å². The molecule has 0 unspecified atom stereocenters. The number of rotatable bonds is 9. The standard InChI is InChI=1S/C19H16FN5O2S2/c1-2-8-25-16(10-26-15-6-4-3-5-14(15)20)22-23-19(25)29-12-17-21-18(24-27-17)13-7-9-28-11-13/h2-7,9,11H,1,8,10,12H2. The molecule has 0 radical (unpaired) electrons. The molecule has 148 valence electrons. The minimum absolute atomic E-state index is 0.0885. The summed E-state index contributed by atoms with van der Waals surface area (Å²) >= 11 is 2.99. The van der Waals surface area contributed by atoms with Gasteiger partial charge in [-0.3, -0.25) is 4.57 Å². The molecule has 3 aromatic heterocycles. The first-order chi connectivity index (χ1) is 14.2. The second-order valence-electron chi connectivity index (χ2n) is 5.83. The van der Waals surface area contributed by atoms with Crippen molar-refractivity contribution in [3.05, 3.63) is 71.3 Å². The Morgan fingerprint density at radius 1 is 1.28 bits per heavy atom. The van der Waals surface area contributed by atoms with Crippen LogP contribution in [0.2, 0.25) is 0 Å². The van der Waals surface area contributed by atoms with E-state index in [4.69, 9.17) is 9.26 Å². The van der Waals surface area contributed by atoms with Crippen molar-refractivity contribution in [3.63, 3.8) is 0 Å². The number of hydrogen-bond donors (Lipinski definition) is 0. The molecule has 3 heterocycles. The highest BCUT2D eigenvalue weighted by atomic mass is 32.2. The predicted molar refractivity (Wildman–Crippen MR) is 108 cm³/mol. The number of ether oxygens (including phenoxy) is 1. The number of aromatic nitrogens is 5. The Bertz CT molecular complexity index is 1090. The molecule has 0 saturated carbocycles. The lowest BCUT2D eigenvalue weighted by atomic mass is 10.3. The Hall–Kier alpha value is -2.98. The van der Waals surface area contributed by atoms with Crippen LogP contribution in [0.15, 0.2) is 63.4 Å². The summed E-state index contributed by atoms with van der Waals surface area (Å²) < 4.78 is 26.5. The van der Waals surface area contributed by atoms with E-state index < -0.39 is 5.82 Å². The molecule has 0 aliphatic heterocycles. The zero-order valence-corrected chi connectivity index (χ0v) is 16.8. The van der Waals surface area contributed by atoms with Crippen LogP contribution in [0, 0.1) is 5.82 Å². The van der Waals surface area contributed by atoms with Crippen molar-refractivity contribution in [2.45, 2.75) is 24.1 Å². The number of thiophene rings is 1. The van der Waals surface area contributed by atoms with E-state index in [1.54, 1.807) is 35.6 Å². The lowest BCUT2D eigenvalue weighted by Gasteiger charge is -2.09. The van der Waals surface area contributed by atoms with Crippen molar-refractivity contribution in [2.75, 3.05) is 0 Å². The first-order valence-corrected chi connectivity index (χ1v) is 10.6. The molecule has 29 heavy (non-hydrogen) atoms. The molecule has 0 aliphatic carbocycles. The average molecular weight is 430 g/mol. The Morgan fingerprint density at radius 2 is 2.17 bits per heavy atom. The van der Waals surface area contributed by atoms with E-state index in [0.29, 0.717) is 35.0 Å². The molecule has 10 heteroatoms. The van der Waals surface area contributed by atoms with E-state index in [1.165, 1.54) is 17.8 Å². The summed E-state index contributed by atoms with van der Waals surface area (Å²) in [6, 6.07) is 8.18. The Morgan fingerprint density at radius 3 is 2.97 bits per heavy atom. The maximum atomic E-state index is 13.7. The van der Waals surface area contributed by atoms with Crippen molar-refractivity contribution >= 4 is 23.1 Å². The number of allylic oxidation sites excluding steroid dienone is 1. The monoisotopic (exact) mass is 429 g/mol. The number of thioether (sulfide) groups is 1. The molecular formula is C19H16FN5O2S2. The molecule has 7 nitrogen and oxygen atoms in total. The fourth-order valence-electron chi connectivity index (χ4n) is 2.50. The topological polar surface area (TPSA) is 78.9 Å².